The fraction of sp³-hybridized carbons (Fsp3) is 0.625. The number of nitrogens with one attached hydrogen (secondary N) is 1. The van der Waals surface area contributed by atoms with Crippen molar-refractivity contribution in [1.29, 1.82) is 0 Å². The van der Waals surface area contributed by atoms with Crippen molar-refractivity contribution in [1.82, 2.24) is 5.32 Å². The molecule has 1 aromatic carbocycles. The van der Waals surface area contributed by atoms with Crippen LogP contribution in [0.25, 0.3) is 0 Å². The molecule has 1 saturated carbocycles. The number of rotatable bonds is 4. The lowest BCUT2D eigenvalue weighted by molar-refractivity contribution is 0.144. The van der Waals surface area contributed by atoms with Gasteiger partial charge in [0, 0.05) is 12.6 Å². The number of hydrogen-bond donors (Lipinski definition) is 2. The molecule has 2 unspecified atom stereocenters. The van der Waals surface area contributed by atoms with Crippen LogP contribution in [0.1, 0.15) is 49.3 Å². The molecule has 0 radical (unpaired) electrons. The van der Waals surface area contributed by atoms with Crippen LogP contribution in [-0.2, 0) is 6.42 Å². The predicted molar refractivity (Wildman–Crippen MR) is 73.5 cm³/mol. The van der Waals surface area contributed by atoms with Crippen molar-refractivity contribution in [2.24, 2.45) is 5.92 Å². The number of benzene rings is 1. The molecule has 2 nitrogen and oxygen atoms in total. The fourth-order valence-corrected chi connectivity index (χ4v) is 3.04. The summed E-state index contributed by atoms with van der Waals surface area (Å²) in [6.45, 7) is 0.754. The Balaban J connectivity index is 1.67. The van der Waals surface area contributed by atoms with E-state index in [-0.39, 0.29) is 6.10 Å². The first kappa shape index (κ1) is 12.2. The Bertz CT molecular complexity index is 400. The summed E-state index contributed by atoms with van der Waals surface area (Å²) in [5, 5.41) is 13.6. The predicted octanol–water partition coefficient (Wildman–Crippen LogP) is 2.81. The maximum absolute atomic E-state index is 9.98. The van der Waals surface area contributed by atoms with E-state index in [1.165, 1.54) is 49.7 Å². The molecule has 0 amide bonds. The summed E-state index contributed by atoms with van der Waals surface area (Å²) in [6, 6.07) is 9.22. The molecular formula is C16H23NO. The lowest BCUT2D eigenvalue weighted by Crippen LogP contribution is -2.31. The maximum atomic E-state index is 9.98. The molecule has 0 aromatic heterocycles. The molecule has 1 aromatic rings. The van der Waals surface area contributed by atoms with Gasteiger partial charge in [-0.3, -0.25) is 0 Å². The van der Waals surface area contributed by atoms with E-state index in [0.29, 0.717) is 12.0 Å². The molecule has 2 N–H and O–H groups in total. The Kier molecular flexibility index (Phi) is 3.67. The third-order valence-corrected chi connectivity index (χ3v) is 4.36. The average molecular weight is 245 g/mol. The minimum absolute atomic E-state index is 0.139. The van der Waals surface area contributed by atoms with Crippen LogP contribution in [0, 0.1) is 5.92 Å². The maximum Gasteiger partial charge on any atom is 0.0692 e. The highest BCUT2D eigenvalue weighted by atomic mass is 16.3. The van der Waals surface area contributed by atoms with Crippen molar-refractivity contribution >= 4 is 0 Å². The molecule has 2 aliphatic carbocycles. The zero-order valence-electron chi connectivity index (χ0n) is 10.9. The van der Waals surface area contributed by atoms with Gasteiger partial charge < -0.3 is 10.4 Å². The van der Waals surface area contributed by atoms with E-state index in [9.17, 15) is 5.11 Å². The van der Waals surface area contributed by atoms with Gasteiger partial charge in [-0.2, -0.15) is 0 Å². The quantitative estimate of drug-likeness (QED) is 0.799. The Hall–Kier alpha value is -0.860. The van der Waals surface area contributed by atoms with Gasteiger partial charge in [0.1, 0.15) is 0 Å². The summed E-state index contributed by atoms with van der Waals surface area (Å²) < 4.78 is 0. The van der Waals surface area contributed by atoms with E-state index in [2.05, 4.69) is 29.6 Å². The highest BCUT2D eigenvalue weighted by Crippen LogP contribution is 2.33. The average Bonchev–Trinajstić information content (AvgIpc) is 3.23. The smallest absolute Gasteiger partial charge is 0.0692 e. The van der Waals surface area contributed by atoms with Gasteiger partial charge in [0.05, 0.1) is 6.10 Å². The summed E-state index contributed by atoms with van der Waals surface area (Å²) in [6.07, 6.45) is 7.27. The number of hydrogen-bond acceptors (Lipinski definition) is 2. The Morgan fingerprint density at radius 2 is 2.00 bits per heavy atom. The number of aliphatic hydroxyl groups is 1. The van der Waals surface area contributed by atoms with Crippen molar-refractivity contribution in [3.05, 3.63) is 35.4 Å². The van der Waals surface area contributed by atoms with E-state index < -0.39 is 0 Å². The Morgan fingerprint density at radius 1 is 1.17 bits per heavy atom. The molecule has 98 valence electrons. The third-order valence-electron chi connectivity index (χ3n) is 4.36. The molecule has 18 heavy (non-hydrogen) atoms. The van der Waals surface area contributed by atoms with Gasteiger partial charge in [-0.1, -0.05) is 30.7 Å². The fourth-order valence-electron chi connectivity index (χ4n) is 3.04. The van der Waals surface area contributed by atoms with Gasteiger partial charge in [-0.25, -0.2) is 0 Å². The molecule has 0 aliphatic heterocycles. The molecule has 0 bridgehead atoms. The minimum atomic E-state index is -0.139. The number of aliphatic hydroxyl groups excluding tert-OH is 1. The third kappa shape index (κ3) is 2.76. The van der Waals surface area contributed by atoms with Gasteiger partial charge in [0.15, 0.2) is 0 Å². The van der Waals surface area contributed by atoms with Gasteiger partial charge in [-0.05, 0) is 49.1 Å². The van der Waals surface area contributed by atoms with E-state index in [0.717, 1.165) is 6.54 Å². The molecular weight excluding hydrogens is 222 g/mol. The first-order chi connectivity index (χ1) is 8.84. The van der Waals surface area contributed by atoms with Crippen LogP contribution in [0.2, 0.25) is 0 Å². The molecule has 0 saturated heterocycles. The lowest BCUT2D eigenvalue weighted by Gasteiger charge is -2.21. The normalized spacial score (nSPS) is 25.3. The van der Waals surface area contributed by atoms with Crippen LogP contribution in [0.3, 0.4) is 0 Å². The van der Waals surface area contributed by atoms with Crippen LogP contribution in [0.4, 0.5) is 0 Å². The summed E-state index contributed by atoms with van der Waals surface area (Å²) >= 11 is 0. The molecule has 1 fully saturated rings. The monoisotopic (exact) mass is 245 g/mol. The topological polar surface area (TPSA) is 32.3 Å². The first-order valence-corrected chi connectivity index (χ1v) is 7.34. The number of fused-ring (bicyclic) bond motifs is 1. The second-order valence-corrected chi connectivity index (χ2v) is 5.81. The van der Waals surface area contributed by atoms with Crippen LogP contribution < -0.4 is 5.32 Å². The van der Waals surface area contributed by atoms with Crippen LogP contribution in [0.5, 0.6) is 0 Å². The summed E-state index contributed by atoms with van der Waals surface area (Å²) in [4.78, 5) is 0. The molecule has 0 heterocycles. The Morgan fingerprint density at radius 3 is 2.83 bits per heavy atom. The minimum Gasteiger partial charge on any atom is -0.392 e. The molecule has 2 aliphatic rings. The standard InChI is InChI=1S/C16H23NO/c18-16(13-9-10-13)11-17-15-8-4-2-6-12-5-1-3-7-14(12)15/h1,3,5,7,13,15-18H,2,4,6,8-11H2. The second-order valence-electron chi connectivity index (χ2n) is 5.81. The van der Waals surface area contributed by atoms with Crippen molar-refractivity contribution in [3.63, 3.8) is 0 Å². The molecule has 0 spiro atoms. The van der Waals surface area contributed by atoms with Crippen molar-refractivity contribution < 1.29 is 5.11 Å². The number of aryl methyl sites for hydroxylation is 1. The SMILES string of the molecule is OC(CNC1CCCCc2ccccc21)C1CC1. The van der Waals surface area contributed by atoms with E-state index >= 15 is 0 Å². The van der Waals surface area contributed by atoms with Gasteiger partial charge in [0.2, 0.25) is 0 Å². The van der Waals surface area contributed by atoms with E-state index in [4.69, 9.17) is 0 Å². The summed E-state index contributed by atoms with van der Waals surface area (Å²) in [5.74, 6) is 0.568. The highest BCUT2D eigenvalue weighted by Gasteiger charge is 2.30. The van der Waals surface area contributed by atoms with Gasteiger partial charge in [0.25, 0.3) is 0 Å². The zero-order valence-corrected chi connectivity index (χ0v) is 10.9. The molecule has 2 atom stereocenters. The van der Waals surface area contributed by atoms with E-state index in [1.807, 2.05) is 0 Å². The van der Waals surface area contributed by atoms with Crippen LogP contribution in [-0.4, -0.2) is 17.8 Å². The zero-order chi connectivity index (χ0) is 12.4. The highest BCUT2D eigenvalue weighted by molar-refractivity contribution is 5.31. The first-order valence-electron chi connectivity index (χ1n) is 7.34. The van der Waals surface area contributed by atoms with Crippen molar-refractivity contribution in [2.45, 2.75) is 50.7 Å². The second kappa shape index (κ2) is 5.41. The lowest BCUT2D eigenvalue weighted by atomic mass is 9.99. The summed E-state index contributed by atoms with van der Waals surface area (Å²) in [5.41, 5.74) is 2.95. The molecule has 2 heteroatoms. The largest absolute Gasteiger partial charge is 0.392 e. The van der Waals surface area contributed by atoms with Crippen molar-refractivity contribution in [3.8, 4) is 0 Å². The van der Waals surface area contributed by atoms with Gasteiger partial charge in [-0.15, -0.1) is 0 Å². The Labute approximate surface area is 109 Å². The van der Waals surface area contributed by atoms with Crippen LogP contribution in [0.15, 0.2) is 24.3 Å². The summed E-state index contributed by atoms with van der Waals surface area (Å²) in [7, 11) is 0. The van der Waals surface area contributed by atoms with Crippen molar-refractivity contribution in [2.75, 3.05) is 6.54 Å². The van der Waals surface area contributed by atoms with Gasteiger partial charge >= 0.3 is 0 Å². The van der Waals surface area contributed by atoms with E-state index in [1.54, 1.807) is 0 Å². The molecule has 3 rings (SSSR count). The van der Waals surface area contributed by atoms with Crippen LogP contribution >= 0.6 is 0 Å².